The van der Waals surface area contributed by atoms with Gasteiger partial charge in [-0.3, -0.25) is 5.32 Å². The van der Waals surface area contributed by atoms with Gasteiger partial charge in [0.25, 0.3) is 0 Å². The average Bonchev–Trinajstić information content (AvgIpc) is 2.62. The highest BCUT2D eigenvalue weighted by Gasteiger charge is 2.33. The molecule has 2 heterocycles. The second-order valence-corrected chi connectivity index (χ2v) is 8.17. The van der Waals surface area contributed by atoms with Crippen LogP contribution in [-0.4, -0.2) is 29.0 Å². The molecule has 0 aliphatic carbocycles. The Morgan fingerprint density at radius 1 is 1.25 bits per heavy atom. The first-order valence-corrected chi connectivity index (χ1v) is 9.73. The van der Waals surface area contributed by atoms with Gasteiger partial charge >= 0.3 is 6.03 Å². The summed E-state index contributed by atoms with van der Waals surface area (Å²) in [6.07, 6.45) is 4.31. The van der Waals surface area contributed by atoms with E-state index in [0.717, 1.165) is 12.0 Å². The molecular weight excluding hydrogens is 393 g/mol. The standard InChI is InChI=1S/C22H21Cl2N3O/c1-22(2)15-27(21(28)26-20-14-19(24)9-11-25-20)12-10-17(22)7-3-5-16-6-4-8-18(23)13-16/h4,6-9,11,13-14H,10,12,15H2,1-2H3,(H,25,26,28)/b17-7+. The van der Waals surface area contributed by atoms with Crippen LogP contribution in [0.4, 0.5) is 10.6 Å². The molecule has 1 aromatic carbocycles. The molecule has 2 aromatic rings. The van der Waals surface area contributed by atoms with Crippen molar-refractivity contribution in [1.82, 2.24) is 9.88 Å². The van der Waals surface area contributed by atoms with Crippen molar-refractivity contribution in [3.05, 3.63) is 69.9 Å². The number of anilines is 1. The molecule has 2 amide bonds. The van der Waals surface area contributed by atoms with E-state index in [1.54, 1.807) is 23.2 Å². The van der Waals surface area contributed by atoms with Crippen LogP contribution in [-0.2, 0) is 0 Å². The van der Waals surface area contributed by atoms with Crippen LogP contribution in [0.15, 0.2) is 54.2 Å². The van der Waals surface area contributed by atoms with Crippen molar-refractivity contribution in [1.29, 1.82) is 0 Å². The third kappa shape index (κ3) is 5.28. The van der Waals surface area contributed by atoms with Crippen LogP contribution in [0.3, 0.4) is 0 Å². The highest BCUT2D eigenvalue weighted by Crippen LogP contribution is 2.34. The van der Waals surface area contributed by atoms with Crippen LogP contribution in [0.25, 0.3) is 0 Å². The average molecular weight is 414 g/mol. The number of carbonyl (C=O) groups excluding carboxylic acids is 1. The highest BCUT2D eigenvalue weighted by molar-refractivity contribution is 6.31. The van der Waals surface area contributed by atoms with Crippen LogP contribution in [0, 0.1) is 17.3 Å². The number of rotatable bonds is 1. The van der Waals surface area contributed by atoms with Crippen LogP contribution in [0.5, 0.6) is 0 Å². The van der Waals surface area contributed by atoms with Crippen LogP contribution >= 0.6 is 23.2 Å². The predicted molar refractivity (Wildman–Crippen MR) is 115 cm³/mol. The van der Waals surface area contributed by atoms with Crippen LogP contribution in [0.1, 0.15) is 25.8 Å². The summed E-state index contributed by atoms with van der Waals surface area (Å²) in [5.74, 6) is 6.70. The fourth-order valence-electron chi connectivity index (χ4n) is 3.13. The third-order valence-corrected chi connectivity index (χ3v) is 5.11. The van der Waals surface area contributed by atoms with Gasteiger partial charge in [0, 0.05) is 40.3 Å². The van der Waals surface area contributed by atoms with Crippen LogP contribution < -0.4 is 5.32 Å². The van der Waals surface area contributed by atoms with Gasteiger partial charge in [-0.05, 0) is 42.8 Å². The Hall–Kier alpha value is -2.48. The fourth-order valence-corrected chi connectivity index (χ4v) is 3.48. The Morgan fingerprint density at radius 3 is 2.75 bits per heavy atom. The van der Waals surface area contributed by atoms with Gasteiger partial charge in [-0.15, -0.1) is 0 Å². The van der Waals surface area contributed by atoms with Gasteiger partial charge in [-0.2, -0.15) is 0 Å². The lowest BCUT2D eigenvalue weighted by Gasteiger charge is -2.40. The lowest BCUT2D eigenvalue weighted by atomic mass is 9.79. The maximum absolute atomic E-state index is 12.6. The summed E-state index contributed by atoms with van der Waals surface area (Å²) < 4.78 is 0. The predicted octanol–water partition coefficient (Wildman–Crippen LogP) is 5.63. The number of hydrogen-bond acceptors (Lipinski definition) is 2. The minimum Gasteiger partial charge on any atom is -0.323 e. The number of amides is 2. The highest BCUT2D eigenvalue weighted by atomic mass is 35.5. The van der Waals surface area contributed by atoms with E-state index in [0.29, 0.717) is 29.0 Å². The number of nitrogens with zero attached hydrogens (tertiary/aromatic N) is 2. The molecule has 1 N–H and O–H groups in total. The second kappa shape index (κ2) is 8.68. The number of allylic oxidation sites excluding steroid dienone is 1. The Balaban J connectivity index is 1.66. The van der Waals surface area contributed by atoms with Crippen LogP contribution in [0.2, 0.25) is 10.0 Å². The number of nitrogens with one attached hydrogen (secondary N) is 1. The van der Waals surface area contributed by atoms with Gasteiger partial charge in [0.15, 0.2) is 0 Å². The number of pyridine rings is 1. The van der Waals surface area contributed by atoms with Crippen molar-refractivity contribution >= 4 is 35.1 Å². The molecule has 28 heavy (non-hydrogen) atoms. The monoisotopic (exact) mass is 413 g/mol. The molecule has 1 aromatic heterocycles. The summed E-state index contributed by atoms with van der Waals surface area (Å²) >= 11 is 11.9. The van der Waals surface area contributed by atoms with E-state index in [9.17, 15) is 4.79 Å². The Labute approximate surface area is 175 Å². The van der Waals surface area contributed by atoms with Gasteiger partial charge in [-0.25, -0.2) is 9.78 Å². The van der Waals surface area contributed by atoms with E-state index in [-0.39, 0.29) is 11.4 Å². The molecule has 1 aliphatic heterocycles. The molecule has 0 spiro atoms. The van der Waals surface area contributed by atoms with Gasteiger partial charge in [-0.1, -0.05) is 60.5 Å². The first-order valence-electron chi connectivity index (χ1n) is 8.98. The molecule has 1 saturated heterocycles. The van der Waals surface area contributed by atoms with Crippen molar-refractivity contribution in [3.63, 3.8) is 0 Å². The van der Waals surface area contributed by atoms with E-state index < -0.39 is 0 Å². The quantitative estimate of drug-likeness (QED) is 0.615. The molecule has 0 atom stereocenters. The number of aromatic nitrogens is 1. The summed E-state index contributed by atoms with van der Waals surface area (Å²) in [6.45, 7) is 5.47. The topological polar surface area (TPSA) is 45.2 Å². The number of carbonyl (C=O) groups is 1. The molecule has 144 valence electrons. The maximum atomic E-state index is 12.6. The zero-order chi connectivity index (χ0) is 20.1. The van der Waals surface area contributed by atoms with Crippen molar-refractivity contribution in [2.45, 2.75) is 20.3 Å². The molecule has 0 bridgehead atoms. The number of piperidine rings is 1. The first kappa shape index (κ1) is 20.3. The summed E-state index contributed by atoms with van der Waals surface area (Å²) in [5, 5.41) is 4.02. The van der Waals surface area contributed by atoms with Crippen molar-refractivity contribution < 1.29 is 4.79 Å². The lowest BCUT2D eigenvalue weighted by Crippen LogP contribution is -2.46. The molecule has 0 saturated carbocycles. The SMILES string of the molecule is CC1(C)CN(C(=O)Nc2cc(Cl)ccn2)CC/C1=C\C#Cc1cccc(Cl)c1. The molecule has 6 heteroatoms. The Kier molecular flexibility index (Phi) is 6.28. The lowest BCUT2D eigenvalue weighted by molar-refractivity contribution is 0.172. The van der Waals surface area contributed by atoms with Crippen molar-refractivity contribution in [2.24, 2.45) is 5.41 Å². The van der Waals surface area contributed by atoms with Gasteiger partial charge in [0.1, 0.15) is 5.82 Å². The first-order chi connectivity index (χ1) is 13.3. The molecule has 1 aliphatic rings. The molecular formula is C22H21Cl2N3O. The third-order valence-electron chi connectivity index (χ3n) is 4.64. The summed E-state index contributed by atoms with van der Waals surface area (Å²) in [4.78, 5) is 18.5. The van der Waals surface area contributed by atoms with E-state index in [2.05, 4.69) is 36.0 Å². The van der Waals surface area contributed by atoms with Crippen molar-refractivity contribution in [2.75, 3.05) is 18.4 Å². The number of hydrogen-bond donors (Lipinski definition) is 1. The number of benzene rings is 1. The van der Waals surface area contributed by atoms with Gasteiger partial charge in [0.2, 0.25) is 0 Å². The van der Waals surface area contributed by atoms with E-state index in [1.807, 2.05) is 30.3 Å². The molecule has 1 fully saturated rings. The van der Waals surface area contributed by atoms with Gasteiger partial charge in [0.05, 0.1) is 0 Å². The summed E-state index contributed by atoms with van der Waals surface area (Å²) in [7, 11) is 0. The Morgan fingerprint density at radius 2 is 2.04 bits per heavy atom. The number of likely N-dealkylation sites (tertiary alicyclic amines) is 1. The zero-order valence-corrected chi connectivity index (χ0v) is 17.3. The van der Waals surface area contributed by atoms with Gasteiger partial charge < -0.3 is 4.90 Å². The number of urea groups is 1. The normalized spacial score (nSPS) is 17.0. The summed E-state index contributed by atoms with van der Waals surface area (Å²) in [5.41, 5.74) is 1.94. The number of halogens is 2. The molecule has 3 rings (SSSR count). The Bertz CT molecular complexity index is 973. The second-order valence-electron chi connectivity index (χ2n) is 7.29. The van der Waals surface area contributed by atoms with Crippen molar-refractivity contribution in [3.8, 4) is 11.8 Å². The molecule has 0 unspecified atom stereocenters. The van der Waals surface area contributed by atoms with E-state index >= 15 is 0 Å². The van der Waals surface area contributed by atoms with E-state index in [1.165, 1.54) is 5.57 Å². The molecule has 4 nitrogen and oxygen atoms in total. The van der Waals surface area contributed by atoms with E-state index in [4.69, 9.17) is 23.2 Å². The fraction of sp³-hybridized carbons (Fsp3) is 0.273. The zero-order valence-electron chi connectivity index (χ0n) is 15.8. The smallest absolute Gasteiger partial charge is 0.323 e. The molecule has 0 radical (unpaired) electrons. The minimum absolute atomic E-state index is 0.166. The largest absolute Gasteiger partial charge is 0.323 e. The minimum atomic E-state index is -0.174. The maximum Gasteiger partial charge on any atom is 0.323 e. The summed E-state index contributed by atoms with van der Waals surface area (Å²) in [6, 6.07) is 10.6.